The van der Waals surface area contributed by atoms with Crippen LogP contribution in [0.4, 0.5) is 0 Å². The SMILES string of the molecule is CCNCc1cccc(Cl)c1OCCS(=O)(=O)CC. The zero-order valence-electron chi connectivity index (χ0n) is 11.3. The Morgan fingerprint density at radius 1 is 1.32 bits per heavy atom. The van der Waals surface area contributed by atoms with E-state index in [0.717, 1.165) is 12.1 Å². The lowest BCUT2D eigenvalue weighted by Crippen LogP contribution is -2.17. The molecular formula is C13H20ClNO3S. The average Bonchev–Trinajstić information content (AvgIpc) is 2.38. The molecule has 0 saturated carbocycles. The van der Waals surface area contributed by atoms with Gasteiger partial charge >= 0.3 is 0 Å². The lowest BCUT2D eigenvalue weighted by molar-refractivity contribution is 0.336. The zero-order chi connectivity index (χ0) is 14.3. The number of sulfone groups is 1. The fraction of sp³-hybridized carbons (Fsp3) is 0.538. The van der Waals surface area contributed by atoms with Crippen LogP contribution in [0.2, 0.25) is 5.02 Å². The number of benzene rings is 1. The molecule has 0 heterocycles. The van der Waals surface area contributed by atoms with Crippen molar-refractivity contribution in [3.05, 3.63) is 28.8 Å². The maximum atomic E-state index is 11.4. The van der Waals surface area contributed by atoms with Crippen LogP contribution in [-0.4, -0.2) is 33.1 Å². The number of para-hydroxylation sites is 1. The van der Waals surface area contributed by atoms with Gasteiger partial charge in [0.1, 0.15) is 12.4 Å². The van der Waals surface area contributed by atoms with Crippen molar-refractivity contribution in [1.29, 1.82) is 0 Å². The topological polar surface area (TPSA) is 55.4 Å². The summed E-state index contributed by atoms with van der Waals surface area (Å²) < 4.78 is 28.4. The second-order valence-electron chi connectivity index (χ2n) is 4.09. The van der Waals surface area contributed by atoms with Crippen LogP contribution >= 0.6 is 11.6 Å². The van der Waals surface area contributed by atoms with E-state index in [4.69, 9.17) is 16.3 Å². The molecule has 0 fully saturated rings. The molecule has 1 aromatic rings. The van der Waals surface area contributed by atoms with Gasteiger partial charge in [0.15, 0.2) is 9.84 Å². The van der Waals surface area contributed by atoms with E-state index in [0.29, 0.717) is 17.3 Å². The van der Waals surface area contributed by atoms with Crippen LogP contribution in [0.25, 0.3) is 0 Å². The van der Waals surface area contributed by atoms with Crippen LogP contribution in [-0.2, 0) is 16.4 Å². The van der Waals surface area contributed by atoms with Gasteiger partial charge in [-0.05, 0) is 12.6 Å². The predicted octanol–water partition coefficient (Wildman–Crippen LogP) is 2.26. The predicted molar refractivity (Wildman–Crippen MR) is 78.7 cm³/mol. The second-order valence-corrected chi connectivity index (χ2v) is 6.97. The van der Waals surface area contributed by atoms with E-state index in [1.807, 2.05) is 19.1 Å². The highest BCUT2D eigenvalue weighted by molar-refractivity contribution is 7.91. The molecule has 0 saturated heterocycles. The maximum Gasteiger partial charge on any atom is 0.153 e. The highest BCUT2D eigenvalue weighted by Gasteiger charge is 2.11. The van der Waals surface area contributed by atoms with E-state index < -0.39 is 9.84 Å². The Labute approximate surface area is 120 Å². The summed E-state index contributed by atoms with van der Waals surface area (Å²) in [6.07, 6.45) is 0. The van der Waals surface area contributed by atoms with E-state index in [-0.39, 0.29) is 18.1 Å². The van der Waals surface area contributed by atoms with Gasteiger partial charge in [-0.2, -0.15) is 0 Å². The fourth-order valence-electron chi connectivity index (χ4n) is 1.53. The molecule has 4 nitrogen and oxygen atoms in total. The molecule has 0 atom stereocenters. The normalized spacial score (nSPS) is 11.5. The Morgan fingerprint density at radius 3 is 2.68 bits per heavy atom. The van der Waals surface area contributed by atoms with E-state index in [9.17, 15) is 8.42 Å². The minimum absolute atomic E-state index is 0.00930. The lowest BCUT2D eigenvalue weighted by atomic mass is 10.2. The third-order valence-corrected chi connectivity index (χ3v) is 4.66. The van der Waals surface area contributed by atoms with Crippen LogP contribution in [0.15, 0.2) is 18.2 Å². The summed E-state index contributed by atoms with van der Waals surface area (Å²) in [6.45, 7) is 5.25. The molecule has 0 radical (unpaired) electrons. The lowest BCUT2D eigenvalue weighted by Gasteiger charge is -2.13. The molecule has 0 amide bonds. The van der Waals surface area contributed by atoms with Crippen molar-refractivity contribution >= 4 is 21.4 Å². The van der Waals surface area contributed by atoms with Crippen molar-refractivity contribution in [3.8, 4) is 5.75 Å². The van der Waals surface area contributed by atoms with Gasteiger partial charge in [0, 0.05) is 17.9 Å². The molecule has 0 spiro atoms. The van der Waals surface area contributed by atoms with Crippen LogP contribution < -0.4 is 10.1 Å². The number of hydrogen-bond donors (Lipinski definition) is 1. The maximum absolute atomic E-state index is 11.4. The first kappa shape index (κ1) is 16.3. The molecule has 0 aromatic heterocycles. The number of nitrogens with one attached hydrogen (secondary N) is 1. The highest BCUT2D eigenvalue weighted by Crippen LogP contribution is 2.28. The van der Waals surface area contributed by atoms with E-state index >= 15 is 0 Å². The third-order valence-electron chi connectivity index (χ3n) is 2.69. The fourth-order valence-corrected chi connectivity index (χ4v) is 2.40. The van der Waals surface area contributed by atoms with Crippen molar-refractivity contribution in [2.24, 2.45) is 0 Å². The van der Waals surface area contributed by atoms with Crippen molar-refractivity contribution in [1.82, 2.24) is 5.32 Å². The van der Waals surface area contributed by atoms with E-state index in [1.165, 1.54) is 0 Å². The Balaban J connectivity index is 2.71. The van der Waals surface area contributed by atoms with Crippen LogP contribution in [0.5, 0.6) is 5.75 Å². The Kier molecular flexibility index (Phi) is 6.62. The largest absolute Gasteiger partial charge is 0.491 e. The number of ether oxygens (including phenoxy) is 1. The summed E-state index contributed by atoms with van der Waals surface area (Å²) in [5.41, 5.74) is 0.934. The summed E-state index contributed by atoms with van der Waals surface area (Å²) >= 11 is 6.09. The van der Waals surface area contributed by atoms with Gasteiger partial charge in [0.25, 0.3) is 0 Å². The van der Waals surface area contributed by atoms with Crippen molar-refractivity contribution in [2.75, 3.05) is 24.7 Å². The molecule has 1 rings (SSSR count). The molecular weight excluding hydrogens is 286 g/mol. The van der Waals surface area contributed by atoms with Gasteiger partial charge in [-0.15, -0.1) is 0 Å². The molecule has 1 aromatic carbocycles. The minimum atomic E-state index is -3.02. The van der Waals surface area contributed by atoms with Crippen LogP contribution in [0, 0.1) is 0 Å². The Hall–Kier alpha value is -0.780. The first-order valence-corrected chi connectivity index (χ1v) is 8.51. The first-order valence-electron chi connectivity index (χ1n) is 6.31. The Bertz CT molecular complexity index is 503. The zero-order valence-corrected chi connectivity index (χ0v) is 12.9. The van der Waals surface area contributed by atoms with Gasteiger partial charge in [-0.3, -0.25) is 0 Å². The monoisotopic (exact) mass is 305 g/mol. The molecule has 6 heteroatoms. The quantitative estimate of drug-likeness (QED) is 0.800. The minimum Gasteiger partial charge on any atom is -0.491 e. The van der Waals surface area contributed by atoms with Gasteiger partial charge in [0.2, 0.25) is 0 Å². The number of rotatable bonds is 8. The average molecular weight is 306 g/mol. The third kappa shape index (κ3) is 5.38. The van der Waals surface area contributed by atoms with Gasteiger partial charge < -0.3 is 10.1 Å². The summed E-state index contributed by atoms with van der Waals surface area (Å²) in [5.74, 6) is 0.704. The van der Waals surface area contributed by atoms with Crippen LogP contribution in [0.3, 0.4) is 0 Å². The van der Waals surface area contributed by atoms with Crippen molar-refractivity contribution in [2.45, 2.75) is 20.4 Å². The molecule has 0 aliphatic heterocycles. The van der Waals surface area contributed by atoms with E-state index in [2.05, 4.69) is 5.32 Å². The van der Waals surface area contributed by atoms with Crippen molar-refractivity contribution < 1.29 is 13.2 Å². The molecule has 1 N–H and O–H groups in total. The molecule has 0 unspecified atom stereocenters. The summed E-state index contributed by atoms with van der Waals surface area (Å²) in [6, 6.07) is 5.50. The molecule has 0 bridgehead atoms. The van der Waals surface area contributed by atoms with Gasteiger partial charge in [0.05, 0.1) is 10.8 Å². The molecule has 0 aliphatic carbocycles. The summed E-state index contributed by atoms with van der Waals surface area (Å²) in [5, 5.41) is 3.70. The van der Waals surface area contributed by atoms with Crippen LogP contribution in [0.1, 0.15) is 19.4 Å². The first-order chi connectivity index (χ1) is 9.00. The smallest absolute Gasteiger partial charge is 0.153 e. The number of halogens is 1. The van der Waals surface area contributed by atoms with Crippen molar-refractivity contribution in [3.63, 3.8) is 0 Å². The molecule has 19 heavy (non-hydrogen) atoms. The standard InChI is InChI=1S/C13H20ClNO3S/c1-3-15-10-11-6-5-7-12(14)13(11)18-8-9-19(16,17)4-2/h5-7,15H,3-4,8-10H2,1-2H3. The number of hydrogen-bond acceptors (Lipinski definition) is 4. The van der Waals surface area contributed by atoms with Gasteiger partial charge in [-0.1, -0.05) is 37.6 Å². The Morgan fingerprint density at radius 2 is 2.05 bits per heavy atom. The van der Waals surface area contributed by atoms with E-state index in [1.54, 1.807) is 13.0 Å². The molecule has 108 valence electrons. The summed E-state index contributed by atoms with van der Waals surface area (Å²) in [4.78, 5) is 0. The highest BCUT2D eigenvalue weighted by atomic mass is 35.5. The summed E-state index contributed by atoms with van der Waals surface area (Å²) in [7, 11) is -3.02. The van der Waals surface area contributed by atoms with Gasteiger partial charge in [-0.25, -0.2) is 8.42 Å². The second kappa shape index (κ2) is 7.72. The molecule has 0 aliphatic rings.